The first-order valence-electron chi connectivity index (χ1n) is 13.0. The third-order valence-corrected chi connectivity index (χ3v) is 4.95. The molecule has 0 aromatic heterocycles. The van der Waals surface area contributed by atoms with Crippen molar-refractivity contribution < 1.29 is 28.6 Å². The molecule has 0 heterocycles. The number of nitrogens with zero attached hydrogens (tertiary/aromatic N) is 1. The van der Waals surface area contributed by atoms with Crippen molar-refractivity contribution in [1.82, 2.24) is 15.5 Å². The number of hydrogen-bond donors (Lipinski definition) is 2. The first kappa shape index (κ1) is 32.2. The Balaban J connectivity index is 2.53. The van der Waals surface area contributed by atoms with Gasteiger partial charge in [0.05, 0.1) is 6.54 Å². The molecular weight excluding hydrogens is 474 g/mol. The number of hydrogen-bond acceptors (Lipinski definition) is 7. The van der Waals surface area contributed by atoms with E-state index in [0.717, 1.165) is 31.4 Å². The molecule has 0 fully saturated rings. The van der Waals surface area contributed by atoms with Crippen molar-refractivity contribution in [2.24, 2.45) is 0 Å². The van der Waals surface area contributed by atoms with Crippen molar-refractivity contribution in [3.05, 3.63) is 29.8 Å². The van der Waals surface area contributed by atoms with E-state index in [1.165, 1.54) is 0 Å². The highest BCUT2D eigenvalue weighted by Crippen LogP contribution is 2.16. The van der Waals surface area contributed by atoms with Crippen LogP contribution in [0.4, 0.5) is 4.79 Å². The molecule has 0 unspecified atom stereocenters. The lowest BCUT2D eigenvalue weighted by Gasteiger charge is -2.26. The summed E-state index contributed by atoms with van der Waals surface area (Å²) < 4.78 is 16.5. The van der Waals surface area contributed by atoms with E-state index in [4.69, 9.17) is 14.2 Å². The first-order valence-corrected chi connectivity index (χ1v) is 13.0. The second-order valence-corrected chi connectivity index (χ2v) is 11.4. The van der Waals surface area contributed by atoms with Gasteiger partial charge < -0.3 is 29.7 Å². The Morgan fingerprint density at radius 1 is 0.892 bits per heavy atom. The fourth-order valence-corrected chi connectivity index (χ4v) is 3.31. The summed E-state index contributed by atoms with van der Waals surface area (Å²) >= 11 is 0. The van der Waals surface area contributed by atoms with Gasteiger partial charge in [0.1, 0.15) is 29.6 Å². The highest BCUT2D eigenvalue weighted by atomic mass is 16.6. The highest BCUT2D eigenvalue weighted by molar-refractivity contribution is 5.82. The molecule has 0 saturated carbocycles. The Hall–Kier alpha value is -2.81. The summed E-state index contributed by atoms with van der Waals surface area (Å²) in [4.78, 5) is 39.1. The Morgan fingerprint density at radius 3 is 2.08 bits per heavy atom. The van der Waals surface area contributed by atoms with Crippen LogP contribution in [0, 0.1) is 0 Å². The van der Waals surface area contributed by atoms with Crippen LogP contribution in [0.3, 0.4) is 0 Å². The maximum Gasteiger partial charge on any atom is 0.408 e. The molecule has 0 bridgehead atoms. The molecule has 9 nitrogen and oxygen atoms in total. The van der Waals surface area contributed by atoms with Crippen LogP contribution >= 0.6 is 0 Å². The largest absolute Gasteiger partial charge is 0.492 e. The zero-order valence-electron chi connectivity index (χ0n) is 23.9. The van der Waals surface area contributed by atoms with Gasteiger partial charge in [0.15, 0.2) is 0 Å². The van der Waals surface area contributed by atoms with Gasteiger partial charge in [-0.15, -0.1) is 0 Å². The molecule has 2 amide bonds. The predicted octanol–water partition coefficient (Wildman–Crippen LogP) is 4.08. The fraction of sp³-hybridized carbons (Fsp3) is 0.679. The molecule has 9 heteroatoms. The Morgan fingerprint density at radius 2 is 1.51 bits per heavy atom. The molecule has 0 saturated heterocycles. The van der Waals surface area contributed by atoms with Crippen LogP contribution in [0.25, 0.3) is 0 Å². The molecular formula is C28H47N3O6. The average molecular weight is 522 g/mol. The molecule has 0 aliphatic heterocycles. The van der Waals surface area contributed by atoms with Crippen LogP contribution in [0.1, 0.15) is 72.8 Å². The smallest absolute Gasteiger partial charge is 0.408 e. The molecule has 0 aliphatic carbocycles. The minimum absolute atomic E-state index is 0.0365. The summed E-state index contributed by atoms with van der Waals surface area (Å²) in [5.74, 6) is 0.150. The monoisotopic (exact) mass is 521 g/mol. The van der Waals surface area contributed by atoms with Crippen LogP contribution in [0.5, 0.6) is 5.75 Å². The van der Waals surface area contributed by atoms with Gasteiger partial charge in [-0.25, -0.2) is 9.59 Å². The second kappa shape index (κ2) is 15.4. The number of carbonyl (C=O) groups excluding carboxylic acids is 3. The average Bonchev–Trinajstić information content (AvgIpc) is 2.74. The lowest BCUT2D eigenvalue weighted by atomic mass is 10.1. The van der Waals surface area contributed by atoms with Crippen molar-refractivity contribution in [2.75, 3.05) is 33.8 Å². The molecule has 1 atom stereocenters. The standard InChI is InChI=1S/C28H47N3O6/c1-27(2,3)36-25(33)23(30-26(34)37-28(4,5)6)20-21-13-15-22(16-14-21)35-19-17-29-24(32)12-10-9-11-18-31(7)8/h13-16,23H,9-12,17-20H2,1-8H3,(H,29,32)(H,30,34)/t23-/m0/s1. The zero-order chi connectivity index (χ0) is 28.1. The fourth-order valence-electron chi connectivity index (χ4n) is 3.31. The molecule has 0 radical (unpaired) electrons. The van der Waals surface area contributed by atoms with E-state index in [0.29, 0.717) is 25.3 Å². The van der Waals surface area contributed by atoms with Crippen molar-refractivity contribution in [1.29, 1.82) is 0 Å². The Kier molecular flexibility index (Phi) is 13.4. The molecule has 0 spiro atoms. The second-order valence-electron chi connectivity index (χ2n) is 11.4. The van der Waals surface area contributed by atoms with E-state index in [1.807, 2.05) is 26.2 Å². The zero-order valence-corrected chi connectivity index (χ0v) is 23.9. The Bertz CT molecular complexity index is 841. The molecule has 210 valence electrons. The first-order chi connectivity index (χ1) is 17.1. The quantitative estimate of drug-likeness (QED) is 0.281. The van der Waals surface area contributed by atoms with Gasteiger partial charge in [-0.1, -0.05) is 18.6 Å². The van der Waals surface area contributed by atoms with Crippen LogP contribution < -0.4 is 15.4 Å². The summed E-state index contributed by atoms with van der Waals surface area (Å²) in [6.45, 7) is 12.4. The summed E-state index contributed by atoms with van der Waals surface area (Å²) in [6, 6.07) is 6.34. The predicted molar refractivity (Wildman–Crippen MR) is 145 cm³/mol. The number of ether oxygens (including phenoxy) is 3. The molecule has 1 aromatic carbocycles. The van der Waals surface area contributed by atoms with Crippen LogP contribution in [-0.4, -0.2) is 73.9 Å². The van der Waals surface area contributed by atoms with E-state index in [1.54, 1.807) is 53.7 Å². The van der Waals surface area contributed by atoms with E-state index in [-0.39, 0.29) is 12.3 Å². The maximum absolute atomic E-state index is 12.7. The van der Waals surface area contributed by atoms with Gasteiger partial charge in [-0.05, 0) is 92.7 Å². The van der Waals surface area contributed by atoms with Gasteiger partial charge in [-0.2, -0.15) is 0 Å². The number of esters is 1. The third-order valence-electron chi connectivity index (χ3n) is 4.95. The Labute approximate surface area is 222 Å². The molecule has 1 rings (SSSR count). The van der Waals surface area contributed by atoms with Crippen molar-refractivity contribution in [3.63, 3.8) is 0 Å². The van der Waals surface area contributed by atoms with Gasteiger partial charge in [0.25, 0.3) is 0 Å². The van der Waals surface area contributed by atoms with Crippen LogP contribution in [-0.2, 0) is 25.5 Å². The minimum atomic E-state index is -0.904. The van der Waals surface area contributed by atoms with Gasteiger partial charge in [-0.3, -0.25) is 4.79 Å². The van der Waals surface area contributed by atoms with E-state index in [9.17, 15) is 14.4 Å². The SMILES string of the molecule is CN(C)CCCCCC(=O)NCCOc1ccc(C[C@H](NC(=O)OC(C)(C)C)C(=O)OC(C)(C)C)cc1. The van der Waals surface area contributed by atoms with Crippen molar-refractivity contribution >= 4 is 18.0 Å². The maximum atomic E-state index is 12.7. The van der Waals surface area contributed by atoms with Crippen LogP contribution in [0.15, 0.2) is 24.3 Å². The summed E-state index contributed by atoms with van der Waals surface area (Å²) in [5.41, 5.74) is -0.557. The van der Waals surface area contributed by atoms with Crippen LogP contribution in [0.2, 0.25) is 0 Å². The van der Waals surface area contributed by atoms with E-state index >= 15 is 0 Å². The number of unbranched alkanes of at least 4 members (excludes halogenated alkanes) is 2. The number of amides is 2. The van der Waals surface area contributed by atoms with Crippen molar-refractivity contribution in [2.45, 2.75) is 90.9 Å². The minimum Gasteiger partial charge on any atom is -0.492 e. The third kappa shape index (κ3) is 16.5. The van der Waals surface area contributed by atoms with Gasteiger partial charge in [0.2, 0.25) is 5.91 Å². The number of nitrogens with one attached hydrogen (secondary N) is 2. The lowest BCUT2D eigenvalue weighted by Crippen LogP contribution is -2.47. The molecule has 37 heavy (non-hydrogen) atoms. The normalized spacial score (nSPS) is 12.6. The number of benzene rings is 1. The van der Waals surface area contributed by atoms with E-state index in [2.05, 4.69) is 15.5 Å². The van der Waals surface area contributed by atoms with E-state index < -0.39 is 29.3 Å². The molecule has 2 N–H and O–H groups in total. The molecule has 1 aromatic rings. The summed E-state index contributed by atoms with van der Waals surface area (Å²) in [6.07, 6.45) is 3.09. The summed E-state index contributed by atoms with van der Waals surface area (Å²) in [7, 11) is 4.09. The molecule has 0 aliphatic rings. The lowest BCUT2D eigenvalue weighted by molar-refractivity contribution is -0.157. The topological polar surface area (TPSA) is 106 Å². The van der Waals surface area contributed by atoms with Gasteiger partial charge >= 0.3 is 12.1 Å². The number of carbonyl (C=O) groups is 3. The highest BCUT2D eigenvalue weighted by Gasteiger charge is 2.29. The van der Waals surface area contributed by atoms with Gasteiger partial charge in [0, 0.05) is 12.8 Å². The number of alkyl carbamates (subject to hydrolysis) is 1. The van der Waals surface area contributed by atoms with Crippen molar-refractivity contribution in [3.8, 4) is 5.75 Å². The summed E-state index contributed by atoms with van der Waals surface area (Å²) in [5, 5.41) is 5.51. The number of rotatable bonds is 14.